The van der Waals surface area contributed by atoms with Gasteiger partial charge in [-0.1, -0.05) is 78.4 Å². The van der Waals surface area contributed by atoms with Gasteiger partial charge in [0, 0.05) is 0 Å². The number of hydrogen-bond acceptors (Lipinski definition) is 0. The Bertz CT molecular complexity index is 1040. The van der Waals surface area contributed by atoms with Crippen molar-refractivity contribution in [3.05, 3.63) is 108 Å². The molecule has 2 nitrogen and oxygen atoms in total. The lowest BCUT2D eigenvalue weighted by Gasteiger charge is -2.18. The maximum absolute atomic E-state index is 2.32. The van der Waals surface area contributed by atoms with E-state index >= 15 is 0 Å². The second kappa shape index (κ2) is 9.41. The molecule has 1 heterocycles. The molecule has 0 fully saturated rings. The van der Waals surface area contributed by atoms with Crippen LogP contribution in [0.3, 0.4) is 0 Å². The minimum absolute atomic E-state index is 0.318. The van der Waals surface area contributed by atoms with Gasteiger partial charge in [0.2, 0.25) is 6.33 Å². The Morgan fingerprint density at radius 3 is 1.93 bits per heavy atom. The van der Waals surface area contributed by atoms with Gasteiger partial charge in [0.15, 0.2) is 0 Å². The summed E-state index contributed by atoms with van der Waals surface area (Å²) in [5, 5.41) is 2.93. The van der Waals surface area contributed by atoms with Crippen LogP contribution >= 0.6 is 7.92 Å². The molecule has 4 rings (SSSR count). The molecular weight excluding hydrogens is 383 g/mol. The summed E-state index contributed by atoms with van der Waals surface area (Å²) >= 11 is 0. The van der Waals surface area contributed by atoms with Gasteiger partial charge in [-0.15, -0.1) is 0 Å². The smallest absolute Gasteiger partial charge is 0.236 e. The van der Waals surface area contributed by atoms with Crippen molar-refractivity contribution in [2.24, 2.45) is 0 Å². The molecule has 0 radical (unpaired) electrons. The van der Waals surface area contributed by atoms with E-state index in [1.165, 1.54) is 39.1 Å². The van der Waals surface area contributed by atoms with Crippen LogP contribution in [0.4, 0.5) is 0 Å². The van der Waals surface area contributed by atoms with E-state index in [1.807, 2.05) is 0 Å². The van der Waals surface area contributed by atoms with E-state index < -0.39 is 0 Å². The highest BCUT2D eigenvalue weighted by Crippen LogP contribution is 2.34. The van der Waals surface area contributed by atoms with Crippen molar-refractivity contribution >= 4 is 18.5 Å². The molecule has 0 amide bonds. The van der Waals surface area contributed by atoms with Gasteiger partial charge in [0.05, 0.1) is 6.54 Å². The molecular formula is C27H30N2P+. The van der Waals surface area contributed by atoms with Crippen LogP contribution < -0.4 is 15.2 Å². The maximum atomic E-state index is 2.32. The van der Waals surface area contributed by atoms with Crippen molar-refractivity contribution in [2.45, 2.75) is 33.7 Å². The molecule has 0 aliphatic rings. The molecule has 0 saturated heterocycles. The third kappa shape index (κ3) is 4.71. The summed E-state index contributed by atoms with van der Waals surface area (Å²) in [7, 11) is -0.318. The first-order chi connectivity index (χ1) is 14.6. The summed E-state index contributed by atoms with van der Waals surface area (Å²) in [4.78, 5) is 0. The van der Waals surface area contributed by atoms with Crippen molar-refractivity contribution in [1.82, 2.24) is 4.57 Å². The zero-order chi connectivity index (χ0) is 20.9. The van der Waals surface area contributed by atoms with Gasteiger partial charge in [-0.25, -0.2) is 9.13 Å². The average molecular weight is 414 g/mol. The van der Waals surface area contributed by atoms with E-state index in [-0.39, 0.29) is 7.92 Å². The number of nitrogens with zero attached hydrogens (tertiary/aromatic N) is 2. The minimum Gasteiger partial charge on any atom is -0.236 e. The lowest BCUT2D eigenvalue weighted by Crippen LogP contribution is -2.31. The molecule has 0 unspecified atom stereocenters. The Morgan fingerprint density at radius 1 is 0.800 bits per heavy atom. The molecule has 3 heteroatoms. The van der Waals surface area contributed by atoms with E-state index in [9.17, 15) is 0 Å². The fourth-order valence-electron chi connectivity index (χ4n) is 4.27. The van der Waals surface area contributed by atoms with E-state index in [2.05, 4.69) is 121 Å². The molecule has 0 aliphatic heterocycles. The normalized spacial score (nSPS) is 11.2. The summed E-state index contributed by atoms with van der Waals surface area (Å²) < 4.78 is 4.59. The number of rotatable bonds is 7. The number of aryl methyl sites for hydroxylation is 4. The van der Waals surface area contributed by atoms with Crippen LogP contribution in [-0.4, -0.2) is 10.7 Å². The van der Waals surface area contributed by atoms with E-state index in [0.717, 1.165) is 13.0 Å². The predicted octanol–water partition coefficient (Wildman–Crippen LogP) is 5.21. The molecule has 0 aliphatic carbocycles. The van der Waals surface area contributed by atoms with Crippen molar-refractivity contribution in [3.63, 3.8) is 0 Å². The number of aromatic nitrogens is 2. The lowest BCUT2D eigenvalue weighted by molar-refractivity contribution is -0.696. The quantitative estimate of drug-likeness (QED) is 0.290. The van der Waals surface area contributed by atoms with Gasteiger partial charge in [-0.2, -0.15) is 0 Å². The molecule has 0 N–H and O–H groups in total. The van der Waals surface area contributed by atoms with Gasteiger partial charge < -0.3 is 0 Å². The van der Waals surface area contributed by atoms with E-state index in [0.29, 0.717) is 0 Å². The Kier molecular flexibility index (Phi) is 6.45. The molecule has 1 aromatic heterocycles. The van der Waals surface area contributed by atoms with Crippen LogP contribution in [0.15, 0.2) is 91.5 Å². The first kappa shape index (κ1) is 20.6. The standard InChI is InChI=1S/C27H30N2P/c1-22-19-23(2)27(24(3)20-22)29-17-16-28(21-29)15-10-18-30(25-11-6-4-7-12-25)26-13-8-5-9-14-26/h4-9,11-14,16-17,19-21H,10,15,18H2,1-3H3/q+1. The zero-order valence-electron chi connectivity index (χ0n) is 18.1. The number of imidazole rings is 1. The van der Waals surface area contributed by atoms with Gasteiger partial charge in [0.25, 0.3) is 0 Å². The van der Waals surface area contributed by atoms with Crippen LogP contribution in [0.25, 0.3) is 5.69 Å². The average Bonchev–Trinajstić information content (AvgIpc) is 3.20. The van der Waals surface area contributed by atoms with Crippen LogP contribution in [0, 0.1) is 20.8 Å². The summed E-state index contributed by atoms with van der Waals surface area (Å²) in [5.41, 5.74) is 5.28. The Balaban J connectivity index is 1.47. The molecule has 0 saturated carbocycles. The predicted molar refractivity (Wildman–Crippen MR) is 129 cm³/mol. The summed E-state index contributed by atoms with van der Waals surface area (Å²) in [6.45, 7) is 7.60. The van der Waals surface area contributed by atoms with Crippen LogP contribution in [-0.2, 0) is 6.54 Å². The Labute approximate surface area is 181 Å². The summed E-state index contributed by atoms with van der Waals surface area (Å²) in [5.74, 6) is 0. The molecule has 30 heavy (non-hydrogen) atoms. The lowest BCUT2D eigenvalue weighted by atomic mass is 10.1. The fraction of sp³-hybridized carbons (Fsp3) is 0.222. The summed E-state index contributed by atoms with van der Waals surface area (Å²) in [6.07, 6.45) is 8.98. The summed E-state index contributed by atoms with van der Waals surface area (Å²) in [6, 6.07) is 26.5. The minimum atomic E-state index is -0.318. The van der Waals surface area contributed by atoms with Gasteiger partial charge in [-0.3, -0.25) is 0 Å². The van der Waals surface area contributed by atoms with E-state index in [4.69, 9.17) is 0 Å². The fourth-order valence-corrected chi connectivity index (χ4v) is 6.61. The molecule has 0 atom stereocenters. The second-order valence-electron chi connectivity index (χ2n) is 7.98. The zero-order valence-corrected chi connectivity index (χ0v) is 19.0. The Morgan fingerprint density at radius 2 is 1.37 bits per heavy atom. The molecule has 0 spiro atoms. The van der Waals surface area contributed by atoms with Crippen molar-refractivity contribution < 1.29 is 4.57 Å². The highest BCUT2D eigenvalue weighted by Gasteiger charge is 2.15. The largest absolute Gasteiger partial charge is 0.248 e. The van der Waals surface area contributed by atoms with Crippen molar-refractivity contribution in [3.8, 4) is 5.69 Å². The number of benzene rings is 3. The first-order valence-electron chi connectivity index (χ1n) is 10.6. The first-order valence-corrected chi connectivity index (χ1v) is 12.2. The van der Waals surface area contributed by atoms with Crippen molar-refractivity contribution in [1.29, 1.82) is 0 Å². The molecule has 152 valence electrons. The van der Waals surface area contributed by atoms with Crippen molar-refractivity contribution in [2.75, 3.05) is 6.16 Å². The Hall–Kier alpha value is -2.70. The second-order valence-corrected chi connectivity index (χ2v) is 10.3. The van der Waals surface area contributed by atoms with Crippen LogP contribution in [0.5, 0.6) is 0 Å². The molecule has 4 aromatic rings. The number of hydrogen-bond donors (Lipinski definition) is 0. The van der Waals surface area contributed by atoms with E-state index in [1.54, 1.807) is 0 Å². The SMILES string of the molecule is Cc1cc(C)c(-n2cc[n+](CCCP(c3ccccc3)c3ccccc3)c2)c(C)c1. The highest BCUT2D eigenvalue weighted by molar-refractivity contribution is 7.73. The molecule has 0 bridgehead atoms. The highest BCUT2D eigenvalue weighted by atomic mass is 31.1. The van der Waals surface area contributed by atoms with Gasteiger partial charge in [-0.05, 0) is 63.0 Å². The topological polar surface area (TPSA) is 8.81 Å². The maximum Gasteiger partial charge on any atom is 0.248 e. The van der Waals surface area contributed by atoms with Crippen LogP contribution in [0.2, 0.25) is 0 Å². The third-order valence-corrected chi connectivity index (χ3v) is 8.13. The third-order valence-electron chi connectivity index (χ3n) is 5.52. The molecule has 3 aromatic carbocycles. The van der Waals surface area contributed by atoms with Gasteiger partial charge in [0.1, 0.15) is 18.1 Å². The van der Waals surface area contributed by atoms with Gasteiger partial charge >= 0.3 is 0 Å². The monoisotopic (exact) mass is 413 g/mol. The van der Waals surface area contributed by atoms with Crippen LogP contribution in [0.1, 0.15) is 23.1 Å².